The maximum absolute atomic E-state index is 11.3. The van der Waals surface area contributed by atoms with Crippen molar-refractivity contribution in [2.75, 3.05) is 0 Å². The van der Waals surface area contributed by atoms with Crippen LogP contribution < -0.4 is 9.67 Å². The second-order valence-electron chi connectivity index (χ2n) is 6.97. The Kier molecular flexibility index (Phi) is 9.73. The van der Waals surface area contributed by atoms with E-state index < -0.39 is 12.0 Å². The molecule has 0 aromatic carbocycles. The van der Waals surface area contributed by atoms with E-state index >= 15 is 0 Å². The average Bonchev–Trinajstić information content (AvgIpc) is 2.86. The molecule has 1 aromatic heterocycles. The van der Waals surface area contributed by atoms with E-state index in [-0.39, 0.29) is 0 Å². The van der Waals surface area contributed by atoms with Crippen LogP contribution in [0.15, 0.2) is 6.20 Å². The first-order valence-corrected chi connectivity index (χ1v) is 9.83. The predicted octanol–water partition coefficient (Wildman–Crippen LogP) is 3.49. The summed E-state index contributed by atoms with van der Waals surface area (Å²) >= 11 is 0. The van der Waals surface area contributed by atoms with Crippen LogP contribution in [0.25, 0.3) is 0 Å². The molecule has 0 bridgehead atoms. The average molecular weight is 337 g/mol. The lowest BCUT2D eigenvalue weighted by molar-refractivity contribution is -0.719. The first-order chi connectivity index (χ1) is 11.5. The number of carboxylic acids is 1. The van der Waals surface area contributed by atoms with E-state index in [1.54, 1.807) is 6.92 Å². The number of aliphatic carboxylic acids is 1. The lowest BCUT2D eigenvalue weighted by atomic mass is 10.1. The molecule has 0 saturated heterocycles. The van der Waals surface area contributed by atoms with Crippen molar-refractivity contribution in [2.24, 2.45) is 0 Å². The largest absolute Gasteiger partial charge is 0.546 e. The van der Waals surface area contributed by atoms with Crippen LogP contribution in [0.2, 0.25) is 0 Å². The number of carbonyl (C=O) groups is 1. The van der Waals surface area contributed by atoms with Gasteiger partial charge >= 0.3 is 0 Å². The molecule has 0 N–H and O–H groups in total. The third-order valence-electron chi connectivity index (χ3n) is 4.82. The minimum absolute atomic E-state index is 0.606. The number of carboxylic acid groups (broad SMARTS) is 1. The van der Waals surface area contributed by atoms with Gasteiger partial charge in [0.15, 0.2) is 0 Å². The summed E-state index contributed by atoms with van der Waals surface area (Å²) in [6.07, 6.45) is 14.3. The Hall–Kier alpha value is -1.32. The summed E-state index contributed by atoms with van der Waals surface area (Å²) in [6.45, 7) is 9.13. The van der Waals surface area contributed by atoms with Gasteiger partial charge in [-0.25, -0.2) is 9.13 Å². The molecule has 1 aromatic rings. The molecule has 0 aliphatic carbocycles. The van der Waals surface area contributed by atoms with Crippen molar-refractivity contribution < 1.29 is 14.5 Å². The minimum Gasteiger partial charge on any atom is -0.546 e. The summed E-state index contributed by atoms with van der Waals surface area (Å²) in [6, 6.07) is -0.606. The highest BCUT2D eigenvalue weighted by molar-refractivity contribution is 5.66. The highest BCUT2D eigenvalue weighted by Crippen LogP contribution is 2.13. The normalized spacial score (nSPS) is 12.5. The van der Waals surface area contributed by atoms with Gasteiger partial charge in [-0.15, -0.1) is 0 Å². The SMILES string of the molecule is CCCCCCCCCCc1n(CCC)c(C)c[n+]1C(C)C(=O)[O-]. The number of imidazole rings is 1. The van der Waals surface area contributed by atoms with Crippen molar-refractivity contribution in [3.05, 3.63) is 17.7 Å². The maximum Gasteiger partial charge on any atom is 0.257 e. The Bertz CT molecular complexity index is 494. The van der Waals surface area contributed by atoms with Crippen molar-refractivity contribution in [1.82, 2.24) is 4.57 Å². The number of hydrogen-bond donors (Lipinski definition) is 0. The first kappa shape index (κ1) is 20.7. The van der Waals surface area contributed by atoms with Gasteiger partial charge in [0.05, 0.1) is 12.5 Å². The van der Waals surface area contributed by atoms with Crippen molar-refractivity contribution in [3.63, 3.8) is 0 Å². The van der Waals surface area contributed by atoms with E-state index in [9.17, 15) is 9.90 Å². The summed E-state index contributed by atoms with van der Waals surface area (Å²) in [5, 5.41) is 11.3. The monoisotopic (exact) mass is 336 g/mol. The molecular formula is C20H36N2O2. The molecule has 0 spiro atoms. The highest BCUT2D eigenvalue weighted by Gasteiger charge is 2.24. The molecule has 24 heavy (non-hydrogen) atoms. The van der Waals surface area contributed by atoms with Gasteiger partial charge in [-0.1, -0.05) is 58.8 Å². The molecule has 138 valence electrons. The smallest absolute Gasteiger partial charge is 0.257 e. The van der Waals surface area contributed by atoms with E-state index in [0.717, 1.165) is 37.3 Å². The summed E-state index contributed by atoms with van der Waals surface area (Å²) in [5.41, 5.74) is 1.14. The van der Waals surface area contributed by atoms with Gasteiger partial charge < -0.3 is 9.90 Å². The third-order valence-corrected chi connectivity index (χ3v) is 4.82. The van der Waals surface area contributed by atoms with Crippen LogP contribution in [-0.4, -0.2) is 10.5 Å². The predicted molar refractivity (Wildman–Crippen MR) is 95.7 cm³/mol. The van der Waals surface area contributed by atoms with Gasteiger partial charge in [0.1, 0.15) is 17.9 Å². The zero-order valence-corrected chi connectivity index (χ0v) is 16.1. The molecule has 0 aliphatic rings. The Morgan fingerprint density at radius 2 is 1.67 bits per heavy atom. The number of rotatable bonds is 13. The molecule has 0 radical (unpaired) electrons. The van der Waals surface area contributed by atoms with Gasteiger partial charge in [-0.2, -0.15) is 0 Å². The maximum atomic E-state index is 11.3. The van der Waals surface area contributed by atoms with Crippen LogP contribution in [0.5, 0.6) is 0 Å². The summed E-state index contributed by atoms with van der Waals surface area (Å²) in [4.78, 5) is 11.3. The van der Waals surface area contributed by atoms with Gasteiger partial charge in [-0.05, 0) is 19.8 Å². The summed E-state index contributed by atoms with van der Waals surface area (Å²) in [5.74, 6) is 0.128. The van der Waals surface area contributed by atoms with Crippen LogP contribution in [-0.2, 0) is 17.8 Å². The Balaban J connectivity index is 2.59. The summed E-state index contributed by atoms with van der Waals surface area (Å²) < 4.78 is 4.18. The van der Waals surface area contributed by atoms with Crippen LogP contribution >= 0.6 is 0 Å². The van der Waals surface area contributed by atoms with Crippen molar-refractivity contribution >= 4 is 5.97 Å². The van der Waals surface area contributed by atoms with Crippen LogP contribution in [0, 0.1) is 6.92 Å². The number of aryl methyl sites for hydroxylation is 1. The number of unbranched alkanes of at least 4 members (excludes halogenated alkanes) is 7. The molecule has 0 saturated carbocycles. The van der Waals surface area contributed by atoms with Crippen LogP contribution in [0.1, 0.15) is 96.1 Å². The lowest BCUT2D eigenvalue weighted by Crippen LogP contribution is -2.49. The van der Waals surface area contributed by atoms with Crippen LogP contribution in [0.4, 0.5) is 0 Å². The molecule has 0 fully saturated rings. The fraction of sp³-hybridized carbons (Fsp3) is 0.800. The standard InChI is InChI=1S/C20H36N2O2/c1-5-7-8-9-10-11-12-13-14-19-21(15-6-2)17(3)16-22(19)18(4)20(23)24/h16,18H,5-15H2,1-4H3. The van der Waals surface area contributed by atoms with E-state index in [4.69, 9.17) is 0 Å². The fourth-order valence-corrected chi connectivity index (χ4v) is 3.35. The zero-order valence-electron chi connectivity index (χ0n) is 16.1. The third kappa shape index (κ3) is 6.29. The molecular weight excluding hydrogens is 300 g/mol. The number of aromatic nitrogens is 2. The molecule has 1 heterocycles. The van der Waals surface area contributed by atoms with Gasteiger partial charge in [-0.3, -0.25) is 0 Å². The van der Waals surface area contributed by atoms with E-state index in [0.29, 0.717) is 0 Å². The fourth-order valence-electron chi connectivity index (χ4n) is 3.35. The van der Waals surface area contributed by atoms with Crippen LogP contribution in [0.3, 0.4) is 0 Å². The highest BCUT2D eigenvalue weighted by atomic mass is 16.4. The molecule has 4 heteroatoms. The molecule has 1 rings (SSSR count). The Labute approximate surface area is 147 Å². The van der Waals surface area contributed by atoms with E-state index in [1.165, 1.54) is 44.9 Å². The second-order valence-corrected chi connectivity index (χ2v) is 6.97. The molecule has 1 unspecified atom stereocenters. The first-order valence-electron chi connectivity index (χ1n) is 9.83. The zero-order chi connectivity index (χ0) is 17.9. The number of carbonyl (C=O) groups excluding carboxylic acids is 1. The van der Waals surface area contributed by atoms with E-state index in [2.05, 4.69) is 25.3 Å². The molecule has 0 amide bonds. The minimum atomic E-state index is -1.01. The van der Waals surface area contributed by atoms with E-state index in [1.807, 2.05) is 10.8 Å². The second kappa shape index (κ2) is 11.3. The Morgan fingerprint density at radius 1 is 1.08 bits per heavy atom. The van der Waals surface area contributed by atoms with Crippen molar-refractivity contribution in [3.8, 4) is 0 Å². The van der Waals surface area contributed by atoms with Crippen molar-refractivity contribution in [1.29, 1.82) is 0 Å². The quantitative estimate of drug-likeness (QED) is 0.409. The van der Waals surface area contributed by atoms with Gasteiger partial charge in [0, 0.05) is 13.3 Å². The molecule has 1 atom stereocenters. The summed E-state index contributed by atoms with van der Waals surface area (Å²) in [7, 11) is 0. The lowest BCUT2D eigenvalue weighted by Gasteiger charge is -2.12. The van der Waals surface area contributed by atoms with Gasteiger partial charge in [0.2, 0.25) is 0 Å². The number of nitrogens with zero attached hydrogens (tertiary/aromatic N) is 2. The number of hydrogen-bond acceptors (Lipinski definition) is 2. The van der Waals surface area contributed by atoms with Gasteiger partial charge in [0.25, 0.3) is 5.82 Å². The topological polar surface area (TPSA) is 48.9 Å². The molecule has 0 aliphatic heterocycles. The molecule has 4 nitrogen and oxygen atoms in total. The Morgan fingerprint density at radius 3 is 2.21 bits per heavy atom. The van der Waals surface area contributed by atoms with Crippen molar-refractivity contribution in [2.45, 2.75) is 104 Å².